The molecule has 12 rings (SSSR count). The monoisotopic (exact) mass is 1130 g/mol. The zero-order valence-corrected chi connectivity index (χ0v) is 45.2. The van der Waals surface area contributed by atoms with Crippen LogP contribution in [0.1, 0.15) is 69.2 Å². The molecule has 0 spiro atoms. The van der Waals surface area contributed by atoms with E-state index in [1.54, 1.807) is 77.5 Å². The second-order valence-electron chi connectivity index (χ2n) is 19.3. The van der Waals surface area contributed by atoms with Gasteiger partial charge in [0.2, 0.25) is 0 Å². The van der Waals surface area contributed by atoms with E-state index < -0.39 is 18.3 Å². The highest BCUT2D eigenvalue weighted by atomic mass is 35.5. The minimum Gasteiger partial charge on any atom is -0.445 e. The van der Waals surface area contributed by atoms with Gasteiger partial charge in [-0.3, -0.25) is 0 Å². The van der Waals surface area contributed by atoms with Crippen LogP contribution >= 0.6 is 11.6 Å². The number of carbonyl (C=O) groups is 3. The molecule has 81 heavy (non-hydrogen) atoms. The third-order valence-corrected chi connectivity index (χ3v) is 13.9. The Morgan fingerprint density at radius 3 is 1.37 bits per heavy atom. The second-order valence-corrected chi connectivity index (χ2v) is 19.7. The minimum atomic E-state index is -0.502. The number of aryl methyl sites for hydroxylation is 3. The molecule has 3 aliphatic heterocycles. The predicted molar refractivity (Wildman–Crippen MR) is 291 cm³/mol. The molecule has 0 saturated carbocycles. The SMILES string of the molecule is Cc1cc(COC(=O)N2CCO[C@H](c3nc4ncccc4[nH]3)C2)ccc1Cl.Cc1cc(COC(=O)N2CCO[C@H](c3nc4ncccc4[nH]3)C2)ccc1F.Cc1ccc(COC(=O)N2CCO[C@H](c3nc4ncccc4[nH]3)C2)c(F)c1. The number of amides is 3. The Labute approximate surface area is 467 Å². The number of H-pyrrole nitrogens is 3. The van der Waals surface area contributed by atoms with Gasteiger partial charge in [-0.05, 0) is 109 Å². The molecule has 3 aromatic carbocycles. The molecule has 24 heteroatoms. The molecule has 0 bridgehead atoms. The van der Waals surface area contributed by atoms with Gasteiger partial charge in [-0.2, -0.15) is 0 Å². The van der Waals surface area contributed by atoms with Crippen LogP contribution in [0, 0.1) is 32.4 Å². The summed E-state index contributed by atoms with van der Waals surface area (Å²) in [7, 11) is 0. The lowest BCUT2D eigenvalue weighted by atomic mass is 10.1. The fourth-order valence-corrected chi connectivity index (χ4v) is 9.17. The van der Waals surface area contributed by atoms with E-state index in [0.717, 1.165) is 38.8 Å². The Hall–Kier alpha value is -8.64. The standard InChI is InChI=1S/C19H19ClN4O3.2C19H19FN4O3/c2*1-12-9-13(4-5-14(12)20)11-27-19(25)24-7-8-26-16(10-24)18-22-15-3-2-6-21-17(15)23-18;1-12-4-5-13(14(20)9-12)11-27-19(25)24-7-8-26-16(10-24)18-22-15-3-2-6-21-17(15)23-18/h3*2-6,9,16H,7-8,10-11H2,1H3,(H,21,22,23)/t3*16-/m000/s1. The molecule has 0 unspecified atom stereocenters. The van der Waals surface area contributed by atoms with Gasteiger partial charge in [0.15, 0.2) is 16.9 Å². The summed E-state index contributed by atoms with van der Waals surface area (Å²) in [5.41, 5.74) is 8.61. The van der Waals surface area contributed by atoms with Gasteiger partial charge in [0, 0.05) is 48.8 Å². The van der Waals surface area contributed by atoms with E-state index in [9.17, 15) is 23.2 Å². The number of aromatic amines is 3. The molecule has 0 radical (unpaired) electrons. The average Bonchev–Trinajstić information content (AvgIpc) is 4.41. The van der Waals surface area contributed by atoms with E-state index in [-0.39, 0.29) is 49.8 Å². The van der Waals surface area contributed by atoms with Crippen LogP contribution in [-0.2, 0) is 48.2 Å². The number of nitrogens with one attached hydrogen (secondary N) is 3. The lowest BCUT2D eigenvalue weighted by Crippen LogP contribution is -2.42. The maximum atomic E-state index is 13.9. The van der Waals surface area contributed by atoms with Gasteiger partial charge in [0.1, 0.15) is 67.2 Å². The number of fused-ring (bicyclic) bond motifs is 3. The Morgan fingerprint density at radius 2 is 0.963 bits per heavy atom. The fraction of sp³-hybridized carbons (Fsp3) is 0.316. The molecule has 9 aromatic rings. The van der Waals surface area contributed by atoms with Crippen LogP contribution in [-0.4, -0.2) is 137 Å². The van der Waals surface area contributed by atoms with Crippen molar-refractivity contribution in [1.29, 1.82) is 0 Å². The Balaban J connectivity index is 0.000000136. The highest BCUT2D eigenvalue weighted by molar-refractivity contribution is 6.31. The summed E-state index contributed by atoms with van der Waals surface area (Å²) < 4.78 is 60.6. The molecule has 420 valence electrons. The summed E-state index contributed by atoms with van der Waals surface area (Å²) in [6, 6.07) is 26.2. The van der Waals surface area contributed by atoms with Crippen LogP contribution in [0.3, 0.4) is 0 Å². The minimum absolute atomic E-state index is 0.0938. The van der Waals surface area contributed by atoms with Crippen LogP contribution in [0.5, 0.6) is 0 Å². The first-order valence-corrected chi connectivity index (χ1v) is 26.4. The summed E-state index contributed by atoms with van der Waals surface area (Å²) in [6.45, 7) is 9.10. The average molecular weight is 1130 g/mol. The summed E-state index contributed by atoms with van der Waals surface area (Å²) in [6.07, 6.45) is 2.64. The van der Waals surface area contributed by atoms with Gasteiger partial charge in [-0.15, -0.1) is 0 Å². The number of pyridine rings is 3. The van der Waals surface area contributed by atoms with Crippen LogP contribution in [0.4, 0.5) is 23.2 Å². The van der Waals surface area contributed by atoms with Crippen molar-refractivity contribution in [3.63, 3.8) is 0 Å². The first kappa shape index (κ1) is 55.7. The van der Waals surface area contributed by atoms with E-state index >= 15 is 0 Å². The van der Waals surface area contributed by atoms with E-state index in [1.165, 1.54) is 12.1 Å². The Morgan fingerprint density at radius 1 is 0.543 bits per heavy atom. The van der Waals surface area contributed by atoms with Crippen molar-refractivity contribution in [2.24, 2.45) is 0 Å². The van der Waals surface area contributed by atoms with Gasteiger partial charge in [-0.1, -0.05) is 41.9 Å². The van der Waals surface area contributed by atoms with Crippen molar-refractivity contribution in [2.45, 2.75) is 58.9 Å². The first-order valence-electron chi connectivity index (χ1n) is 26.1. The number of nitrogens with zero attached hydrogens (tertiary/aromatic N) is 9. The molecule has 3 atom stereocenters. The zero-order valence-electron chi connectivity index (χ0n) is 44.4. The van der Waals surface area contributed by atoms with Crippen molar-refractivity contribution >= 4 is 63.4 Å². The second kappa shape index (κ2) is 25.6. The van der Waals surface area contributed by atoms with E-state index in [4.69, 9.17) is 40.0 Å². The van der Waals surface area contributed by atoms with Gasteiger partial charge in [0.25, 0.3) is 0 Å². The summed E-state index contributed by atoms with van der Waals surface area (Å²) in [5.74, 6) is 1.26. The molecular weight excluding hydrogens is 1070 g/mol. The van der Waals surface area contributed by atoms with E-state index in [2.05, 4.69) is 44.9 Å². The highest BCUT2D eigenvalue weighted by Crippen LogP contribution is 2.27. The molecule has 3 N–H and O–H groups in total. The Bertz CT molecular complexity index is 3420. The maximum Gasteiger partial charge on any atom is 0.410 e. The van der Waals surface area contributed by atoms with Crippen LogP contribution in [0.2, 0.25) is 5.02 Å². The third kappa shape index (κ3) is 14.0. The van der Waals surface area contributed by atoms with Crippen LogP contribution in [0.15, 0.2) is 110 Å². The molecule has 3 saturated heterocycles. The maximum absolute atomic E-state index is 13.9. The van der Waals surface area contributed by atoms with Crippen LogP contribution < -0.4 is 0 Å². The molecule has 0 aliphatic carbocycles. The first-order chi connectivity index (χ1) is 39.3. The number of ether oxygens (including phenoxy) is 6. The van der Waals surface area contributed by atoms with Crippen LogP contribution in [0.25, 0.3) is 33.5 Å². The summed E-state index contributed by atoms with van der Waals surface area (Å²) in [4.78, 5) is 77.5. The number of aromatic nitrogens is 9. The van der Waals surface area contributed by atoms with Crippen molar-refractivity contribution in [3.05, 3.63) is 177 Å². The topological polar surface area (TPSA) is 241 Å². The number of rotatable bonds is 9. The normalized spacial score (nSPS) is 17.3. The van der Waals surface area contributed by atoms with Gasteiger partial charge < -0.3 is 58.1 Å². The Kier molecular flexibility index (Phi) is 17.6. The fourth-order valence-electron chi connectivity index (χ4n) is 9.06. The zero-order chi connectivity index (χ0) is 56.4. The largest absolute Gasteiger partial charge is 0.445 e. The number of hydrogen-bond donors (Lipinski definition) is 3. The quantitative estimate of drug-likeness (QED) is 0.114. The van der Waals surface area contributed by atoms with Gasteiger partial charge in [-0.25, -0.2) is 53.1 Å². The third-order valence-electron chi connectivity index (χ3n) is 13.4. The van der Waals surface area contributed by atoms with E-state index in [0.29, 0.717) is 110 Å². The molecule has 3 fully saturated rings. The number of benzene rings is 3. The highest BCUT2D eigenvalue weighted by Gasteiger charge is 2.31. The predicted octanol–water partition coefficient (Wildman–Crippen LogP) is 9.86. The smallest absolute Gasteiger partial charge is 0.410 e. The molecule has 21 nitrogen and oxygen atoms in total. The number of halogens is 3. The summed E-state index contributed by atoms with van der Waals surface area (Å²) >= 11 is 6.03. The van der Waals surface area contributed by atoms with Gasteiger partial charge >= 0.3 is 18.3 Å². The van der Waals surface area contributed by atoms with E-state index in [1.807, 2.05) is 55.5 Å². The van der Waals surface area contributed by atoms with Crippen molar-refractivity contribution in [2.75, 3.05) is 59.1 Å². The summed E-state index contributed by atoms with van der Waals surface area (Å²) in [5, 5.41) is 0.696. The van der Waals surface area contributed by atoms with Crippen molar-refractivity contribution in [1.82, 2.24) is 59.6 Å². The van der Waals surface area contributed by atoms with Crippen molar-refractivity contribution in [3.8, 4) is 0 Å². The number of hydrogen-bond acceptors (Lipinski definition) is 15. The van der Waals surface area contributed by atoms with Crippen molar-refractivity contribution < 1.29 is 51.6 Å². The molecular formula is C57H57ClF2N12O9. The van der Waals surface area contributed by atoms with Gasteiger partial charge in [0.05, 0.1) is 56.0 Å². The lowest BCUT2D eigenvalue weighted by Gasteiger charge is -2.31. The number of morpholine rings is 3. The number of carbonyl (C=O) groups excluding carboxylic acids is 3. The number of imidazole rings is 3. The lowest BCUT2D eigenvalue weighted by molar-refractivity contribution is -0.0331. The molecule has 3 amide bonds. The molecule has 6 aromatic heterocycles. The molecule has 3 aliphatic rings. The molecule has 9 heterocycles.